The Hall–Kier alpha value is -0.580. The van der Waals surface area contributed by atoms with Gasteiger partial charge in [0.15, 0.2) is 0 Å². The molecule has 4 heteroatoms. The van der Waals surface area contributed by atoms with Crippen LogP contribution in [0.4, 0.5) is 0 Å². The molecule has 3 nitrogen and oxygen atoms in total. The van der Waals surface area contributed by atoms with E-state index in [9.17, 15) is 0 Å². The Morgan fingerprint density at radius 3 is 3.00 bits per heavy atom. The SMILES string of the molecule is CCNC1CCOCC1Cc1ccc(OC)c(Br)c1. The van der Waals surface area contributed by atoms with Crippen molar-refractivity contribution in [2.75, 3.05) is 26.9 Å². The van der Waals surface area contributed by atoms with E-state index in [2.05, 4.69) is 40.3 Å². The first-order valence-corrected chi connectivity index (χ1v) is 7.67. The first-order valence-electron chi connectivity index (χ1n) is 6.88. The van der Waals surface area contributed by atoms with E-state index in [1.807, 2.05) is 6.07 Å². The van der Waals surface area contributed by atoms with E-state index in [1.54, 1.807) is 7.11 Å². The first kappa shape index (κ1) is 14.8. The van der Waals surface area contributed by atoms with Crippen molar-refractivity contribution in [2.45, 2.75) is 25.8 Å². The predicted molar refractivity (Wildman–Crippen MR) is 80.8 cm³/mol. The van der Waals surface area contributed by atoms with Crippen LogP contribution in [-0.2, 0) is 11.2 Å². The molecule has 106 valence electrons. The Morgan fingerprint density at radius 2 is 2.32 bits per heavy atom. The van der Waals surface area contributed by atoms with E-state index in [1.165, 1.54) is 5.56 Å². The maximum absolute atomic E-state index is 5.63. The van der Waals surface area contributed by atoms with Gasteiger partial charge in [-0.3, -0.25) is 0 Å². The van der Waals surface area contributed by atoms with Gasteiger partial charge in [-0.1, -0.05) is 13.0 Å². The summed E-state index contributed by atoms with van der Waals surface area (Å²) >= 11 is 3.55. The van der Waals surface area contributed by atoms with Crippen LogP contribution in [0.15, 0.2) is 22.7 Å². The van der Waals surface area contributed by atoms with Crippen molar-refractivity contribution in [1.82, 2.24) is 5.32 Å². The summed E-state index contributed by atoms with van der Waals surface area (Å²) in [6.45, 7) is 4.91. The molecule has 19 heavy (non-hydrogen) atoms. The molecular weight excluding hydrogens is 306 g/mol. The summed E-state index contributed by atoms with van der Waals surface area (Å²) in [5, 5.41) is 3.58. The maximum Gasteiger partial charge on any atom is 0.133 e. The van der Waals surface area contributed by atoms with Crippen molar-refractivity contribution in [3.05, 3.63) is 28.2 Å². The minimum atomic E-state index is 0.550. The third-order valence-electron chi connectivity index (χ3n) is 3.65. The van der Waals surface area contributed by atoms with Crippen molar-refractivity contribution in [3.63, 3.8) is 0 Å². The van der Waals surface area contributed by atoms with Gasteiger partial charge in [-0.25, -0.2) is 0 Å². The average molecular weight is 328 g/mol. The quantitative estimate of drug-likeness (QED) is 0.901. The van der Waals surface area contributed by atoms with Crippen LogP contribution >= 0.6 is 15.9 Å². The summed E-state index contributed by atoms with van der Waals surface area (Å²) in [6.07, 6.45) is 2.15. The second-order valence-electron chi connectivity index (χ2n) is 4.96. The van der Waals surface area contributed by atoms with Crippen LogP contribution in [0.2, 0.25) is 0 Å². The Labute approximate surface area is 123 Å². The van der Waals surface area contributed by atoms with E-state index in [0.29, 0.717) is 12.0 Å². The molecule has 0 radical (unpaired) electrons. The Morgan fingerprint density at radius 1 is 1.47 bits per heavy atom. The number of nitrogens with one attached hydrogen (secondary N) is 1. The molecule has 1 saturated heterocycles. The zero-order valence-electron chi connectivity index (χ0n) is 11.6. The number of methoxy groups -OCH3 is 1. The summed E-state index contributed by atoms with van der Waals surface area (Å²) in [5.41, 5.74) is 1.33. The molecule has 2 unspecified atom stereocenters. The molecule has 0 saturated carbocycles. The maximum atomic E-state index is 5.63. The lowest BCUT2D eigenvalue weighted by molar-refractivity contribution is 0.0326. The molecule has 0 aliphatic carbocycles. The molecule has 1 aromatic rings. The third kappa shape index (κ3) is 3.94. The van der Waals surface area contributed by atoms with Crippen molar-refractivity contribution in [1.29, 1.82) is 0 Å². The van der Waals surface area contributed by atoms with Crippen LogP contribution in [-0.4, -0.2) is 32.9 Å². The average Bonchev–Trinajstić information content (AvgIpc) is 2.41. The third-order valence-corrected chi connectivity index (χ3v) is 4.27. The highest BCUT2D eigenvalue weighted by Crippen LogP contribution is 2.28. The minimum absolute atomic E-state index is 0.550. The largest absolute Gasteiger partial charge is 0.496 e. The summed E-state index contributed by atoms with van der Waals surface area (Å²) in [5.74, 6) is 1.43. The van der Waals surface area contributed by atoms with Crippen LogP contribution < -0.4 is 10.1 Å². The zero-order valence-corrected chi connectivity index (χ0v) is 13.2. The van der Waals surface area contributed by atoms with Gasteiger partial charge in [0.1, 0.15) is 5.75 Å². The predicted octanol–water partition coefficient (Wildman–Crippen LogP) is 3.01. The fourth-order valence-electron chi connectivity index (χ4n) is 2.67. The molecule has 1 heterocycles. The van der Waals surface area contributed by atoms with Crippen LogP contribution in [0.25, 0.3) is 0 Å². The molecular formula is C15H22BrNO2. The lowest BCUT2D eigenvalue weighted by Crippen LogP contribution is -2.43. The molecule has 1 fully saturated rings. The summed E-state index contributed by atoms with van der Waals surface area (Å²) in [6, 6.07) is 6.88. The molecule has 1 N–H and O–H groups in total. The molecule has 0 aromatic heterocycles. The van der Waals surface area contributed by atoms with Gasteiger partial charge in [-0.05, 0) is 53.0 Å². The lowest BCUT2D eigenvalue weighted by atomic mass is 9.89. The summed E-state index contributed by atoms with van der Waals surface area (Å²) in [7, 11) is 1.69. The Balaban J connectivity index is 2.04. The van der Waals surface area contributed by atoms with Gasteiger partial charge in [0.05, 0.1) is 18.2 Å². The van der Waals surface area contributed by atoms with Gasteiger partial charge in [0.25, 0.3) is 0 Å². The Bertz CT molecular complexity index is 409. The number of halogens is 1. The van der Waals surface area contributed by atoms with Crippen LogP contribution in [0.1, 0.15) is 18.9 Å². The molecule has 2 rings (SSSR count). The summed E-state index contributed by atoms with van der Waals surface area (Å²) in [4.78, 5) is 0. The smallest absolute Gasteiger partial charge is 0.133 e. The van der Waals surface area contributed by atoms with Gasteiger partial charge in [0, 0.05) is 18.6 Å². The van der Waals surface area contributed by atoms with E-state index >= 15 is 0 Å². The van der Waals surface area contributed by atoms with Crippen molar-refractivity contribution in [2.24, 2.45) is 5.92 Å². The molecule has 1 aliphatic heterocycles. The van der Waals surface area contributed by atoms with E-state index in [0.717, 1.165) is 42.8 Å². The van der Waals surface area contributed by atoms with Gasteiger partial charge in [-0.15, -0.1) is 0 Å². The van der Waals surface area contributed by atoms with Gasteiger partial charge in [0.2, 0.25) is 0 Å². The van der Waals surface area contributed by atoms with Gasteiger partial charge in [-0.2, -0.15) is 0 Å². The highest BCUT2D eigenvalue weighted by atomic mass is 79.9. The standard InChI is InChI=1S/C15H22BrNO2/c1-3-17-14-6-7-19-10-12(14)8-11-4-5-15(18-2)13(16)9-11/h4-5,9,12,14,17H,3,6-8,10H2,1-2H3. The Kier molecular flexibility index (Phi) is 5.67. The van der Waals surface area contributed by atoms with Crippen LogP contribution in [0.3, 0.4) is 0 Å². The van der Waals surface area contributed by atoms with E-state index < -0.39 is 0 Å². The lowest BCUT2D eigenvalue weighted by Gasteiger charge is -2.32. The topological polar surface area (TPSA) is 30.5 Å². The van der Waals surface area contributed by atoms with E-state index in [4.69, 9.17) is 9.47 Å². The molecule has 2 atom stereocenters. The molecule has 0 spiro atoms. The molecule has 0 bridgehead atoms. The molecule has 1 aliphatic rings. The number of hydrogen-bond donors (Lipinski definition) is 1. The number of hydrogen-bond acceptors (Lipinski definition) is 3. The zero-order chi connectivity index (χ0) is 13.7. The first-order chi connectivity index (χ1) is 9.24. The molecule has 0 amide bonds. The second kappa shape index (κ2) is 7.27. The second-order valence-corrected chi connectivity index (χ2v) is 5.82. The van der Waals surface area contributed by atoms with Crippen molar-refractivity contribution >= 4 is 15.9 Å². The number of ether oxygens (including phenoxy) is 2. The van der Waals surface area contributed by atoms with Crippen molar-refractivity contribution in [3.8, 4) is 5.75 Å². The summed E-state index contributed by atoms with van der Waals surface area (Å²) < 4.78 is 11.9. The highest BCUT2D eigenvalue weighted by molar-refractivity contribution is 9.10. The highest BCUT2D eigenvalue weighted by Gasteiger charge is 2.25. The van der Waals surface area contributed by atoms with E-state index in [-0.39, 0.29) is 0 Å². The monoisotopic (exact) mass is 327 g/mol. The fourth-order valence-corrected chi connectivity index (χ4v) is 3.26. The normalized spacial score (nSPS) is 23.3. The minimum Gasteiger partial charge on any atom is -0.496 e. The number of benzene rings is 1. The fraction of sp³-hybridized carbons (Fsp3) is 0.600. The van der Waals surface area contributed by atoms with Gasteiger partial charge >= 0.3 is 0 Å². The molecule has 1 aromatic carbocycles. The van der Waals surface area contributed by atoms with Crippen molar-refractivity contribution < 1.29 is 9.47 Å². The van der Waals surface area contributed by atoms with Crippen LogP contribution in [0, 0.1) is 5.92 Å². The van der Waals surface area contributed by atoms with Crippen LogP contribution in [0.5, 0.6) is 5.75 Å². The van der Waals surface area contributed by atoms with Gasteiger partial charge < -0.3 is 14.8 Å². The number of rotatable bonds is 5.